The Morgan fingerprint density at radius 2 is 2.00 bits per heavy atom. The summed E-state index contributed by atoms with van der Waals surface area (Å²) in [6.07, 6.45) is 5.66. The summed E-state index contributed by atoms with van der Waals surface area (Å²) in [5.74, 6) is -0.624. The number of carbonyl (C=O) groups is 1. The van der Waals surface area contributed by atoms with E-state index in [2.05, 4.69) is 6.92 Å². The predicted octanol–water partition coefficient (Wildman–Crippen LogP) is 4.16. The molecule has 0 spiro atoms. The van der Waals surface area contributed by atoms with Crippen LogP contribution in [0.25, 0.3) is 0 Å². The average molecular weight is 250 g/mol. The molecule has 0 heterocycles. The van der Waals surface area contributed by atoms with Gasteiger partial charge in [-0.05, 0) is 36.1 Å². The number of hydrogen-bond acceptors (Lipinski definition) is 2. The third-order valence-corrected chi connectivity index (χ3v) is 3.29. The van der Waals surface area contributed by atoms with Crippen molar-refractivity contribution in [2.45, 2.75) is 51.9 Å². The zero-order valence-corrected chi connectivity index (χ0v) is 11.1. The number of aromatic hydroxyl groups is 1. The lowest BCUT2D eigenvalue weighted by atomic mass is 9.91. The fraction of sp³-hybridized carbons (Fsp3) is 0.533. The number of aromatic carboxylic acids is 1. The number of phenols is 1. The molecule has 3 heteroatoms. The Morgan fingerprint density at radius 3 is 2.61 bits per heavy atom. The van der Waals surface area contributed by atoms with Gasteiger partial charge in [0.15, 0.2) is 0 Å². The maximum atomic E-state index is 11.1. The van der Waals surface area contributed by atoms with E-state index in [0.29, 0.717) is 5.56 Å². The van der Waals surface area contributed by atoms with Gasteiger partial charge in [-0.1, -0.05) is 39.5 Å². The molecule has 3 nitrogen and oxygen atoms in total. The molecule has 0 radical (unpaired) electrons. The van der Waals surface area contributed by atoms with E-state index in [-0.39, 0.29) is 11.7 Å². The highest BCUT2D eigenvalue weighted by Gasteiger charge is 2.15. The molecule has 0 aliphatic rings. The zero-order chi connectivity index (χ0) is 13.5. The molecule has 100 valence electrons. The fourth-order valence-electron chi connectivity index (χ4n) is 2.19. The Morgan fingerprint density at radius 1 is 1.28 bits per heavy atom. The van der Waals surface area contributed by atoms with Crippen molar-refractivity contribution in [2.24, 2.45) is 0 Å². The second kappa shape index (κ2) is 7.04. The molecule has 1 atom stereocenters. The summed E-state index contributed by atoms with van der Waals surface area (Å²) in [4.78, 5) is 11.1. The lowest BCUT2D eigenvalue weighted by Crippen LogP contribution is -2.05. The quantitative estimate of drug-likeness (QED) is 0.714. The Kier molecular flexibility index (Phi) is 5.69. The molecule has 0 bridgehead atoms. The van der Waals surface area contributed by atoms with Crippen LogP contribution in [0.1, 0.15) is 67.8 Å². The van der Waals surface area contributed by atoms with E-state index >= 15 is 0 Å². The van der Waals surface area contributed by atoms with Gasteiger partial charge in [0.1, 0.15) is 5.75 Å². The maximum absolute atomic E-state index is 11.1. The number of carboxylic acids is 1. The fourth-order valence-corrected chi connectivity index (χ4v) is 2.19. The van der Waals surface area contributed by atoms with Crippen LogP contribution in [0.15, 0.2) is 18.2 Å². The van der Waals surface area contributed by atoms with E-state index in [0.717, 1.165) is 18.4 Å². The second-order valence-electron chi connectivity index (χ2n) is 4.83. The molecule has 0 aromatic heterocycles. The van der Waals surface area contributed by atoms with Gasteiger partial charge in [0.25, 0.3) is 0 Å². The van der Waals surface area contributed by atoms with Crippen molar-refractivity contribution in [2.75, 3.05) is 0 Å². The monoisotopic (exact) mass is 250 g/mol. The van der Waals surface area contributed by atoms with E-state index in [1.165, 1.54) is 31.4 Å². The van der Waals surface area contributed by atoms with Crippen LogP contribution in [0.5, 0.6) is 5.75 Å². The van der Waals surface area contributed by atoms with Crippen LogP contribution in [0.4, 0.5) is 0 Å². The van der Waals surface area contributed by atoms with E-state index in [4.69, 9.17) is 5.11 Å². The van der Waals surface area contributed by atoms with Crippen LogP contribution in [-0.2, 0) is 0 Å². The van der Waals surface area contributed by atoms with Crippen molar-refractivity contribution < 1.29 is 15.0 Å². The number of unbranched alkanes of at least 4 members (excludes halogenated alkanes) is 3. The topological polar surface area (TPSA) is 57.5 Å². The first-order valence-corrected chi connectivity index (χ1v) is 6.62. The van der Waals surface area contributed by atoms with Gasteiger partial charge in [-0.3, -0.25) is 0 Å². The number of carboxylic acid groups (broad SMARTS) is 1. The van der Waals surface area contributed by atoms with Crippen molar-refractivity contribution in [1.29, 1.82) is 0 Å². The van der Waals surface area contributed by atoms with E-state index in [9.17, 15) is 9.90 Å². The van der Waals surface area contributed by atoms with Crippen molar-refractivity contribution in [3.63, 3.8) is 0 Å². The summed E-state index contributed by atoms with van der Waals surface area (Å²) in [7, 11) is 0. The van der Waals surface area contributed by atoms with Gasteiger partial charge in [0, 0.05) is 0 Å². The highest BCUT2D eigenvalue weighted by molar-refractivity contribution is 5.89. The minimum absolute atomic E-state index is 0.135. The van der Waals surface area contributed by atoms with Crippen LogP contribution in [0.2, 0.25) is 0 Å². The summed E-state index contributed by atoms with van der Waals surface area (Å²) < 4.78 is 0. The van der Waals surface area contributed by atoms with Crippen molar-refractivity contribution in [1.82, 2.24) is 0 Å². The molecule has 1 aromatic rings. The number of rotatable bonds is 7. The third-order valence-electron chi connectivity index (χ3n) is 3.29. The molecule has 0 aliphatic heterocycles. The van der Waals surface area contributed by atoms with Gasteiger partial charge in [-0.2, -0.15) is 0 Å². The first kappa shape index (κ1) is 14.6. The first-order chi connectivity index (χ1) is 8.56. The largest absolute Gasteiger partial charge is 0.508 e. The Bertz CT molecular complexity index is 399. The molecule has 1 unspecified atom stereocenters. The van der Waals surface area contributed by atoms with Crippen molar-refractivity contribution in [3.8, 4) is 5.75 Å². The third kappa shape index (κ3) is 4.06. The van der Waals surface area contributed by atoms with Crippen molar-refractivity contribution in [3.05, 3.63) is 29.3 Å². The number of phenolic OH excluding ortho intramolecular Hbond substituents is 1. The maximum Gasteiger partial charge on any atom is 0.335 e. The van der Waals surface area contributed by atoms with Gasteiger partial charge >= 0.3 is 5.97 Å². The number of benzene rings is 1. The molecular formula is C15H22O3. The molecule has 1 rings (SSSR count). The average Bonchev–Trinajstić information content (AvgIpc) is 2.34. The van der Waals surface area contributed by atoms with Gasteiger partial charge in [0.2, 0.25) is 0 Å². The summed E-state index contributed by atoms with van der Waals surface area (Å²) >= 11 is 0. The molecule has 1 aromatic carbocycles. The lowest BCUT2D eigenvalue weighted by molar-refractivity contribution is 0.0695. The van der Waals surface area contributed by atoms with E-state index in [1.807, 2.05) is 6.92 Å². The minimum atomic E-state index is -0.926. The summed E-state index contributed by atoms with van der Waals surface area (Å²) in [6, 6.07) is 4.49. The second-order valence-corrected chi connectivity index (χ2v) is 4.83. The highest BCUT2D eigenvalue weighted by atomic mass is 16.4. The molecule has 0 aliphatic carbocycles. The van der Waals surface area contributed by atoms with Gasteiger partial charge in [0.05, 0.1) is 5.56 Å². The number of hydrogen-bond donors (Lipinski definition) is 2. The minimum Gasteiger partial charge on any atom is -0.508 e. The molecule has 18 heavy (non-hydrogen) atoms. The smallest absolute Gasteiger partial charge is 0.335 e. The normalized spacial score (nSPS) is 12.3. The summed E-state index contributed by atoms with van der Waals surface area (Å²) in [5.41, 5.74) is 1.04. The SMILES string of the molecule is CCCCCCC(C)c1cc(O)ccc1C(=O)O. The van der Waals surface area contributed by atoms with E-state index in [1.54, 1.807) is 6.07 Å². The van der Waals surface area contributed by atoms with Crippen LogP contribution >= 0.6 is 0 Å². The molecule has 0 saturated carbocycles. The van der Waals surface area contributed by atoms with Gasteiger partial charge < -0.3 is 10.2 Å². The Labute approximate surface area is 108 Å². The van der Waals surface area contributed by atoms with Gasteiger partial charge in [-0.25, -0.2) is 4.79 Å². The highest BCUT2D eigenvalue weighted by Crippen LogP contribution is 2.28. The van der Waals surface area contributed by atoms with Crippen LogP contribution in [-0.4, -0.2) is 16.2 Å². The van der Waals surface area contributed by atoms with Crippen LogP contribution in [0, 0.1) is 0 Å². The standard InChI is InChI=1S/C15H22O3/c1-3-4-5-6-7-11(2)14-10-12(16)8-9-13(14)15(17)18/h8-11,16H,3-7H2,1-2H3,(H,17,18). The zero-order valence-electron chi connectivity index (χ0n) is 11.1. The Hall–Kier alpha value is -1.51. The summed E-state index contributed by atoms with van der Waals surface area (Å²) in [5, 5.41) is 18.6. The molecular weight excluding hydrogens is 228 g/mol. The van der Waals surface area contributed by atoms with Crippen LogP contribution in [0.3, 0.4) is 0 Å². The molecule has 2 N–H and O–H groups in total. The predicted molar refractivity (Wildman–Crippen MR) is 72.2 cm³/mol. The lowest BCUT2D eigenvalue weighted by Gasteiger charge is -2.14. The molecule has 0 saturated heterocycles. The van der Waals surface area contributed by atoms with Crippen molar-refractivity contribution >= 4 is 5.97 Å². The van der Waals surface area contributed by atoms with Gasteiger partial charge in [-0.15, -0.1) is 0 Å². The summed E-state index contributed by atoms with van der Waals surface area (Å²) in [6.45, 7) is 4.19. The molecule has 0 fully saturated rings. The first-order valence-electron chi connectivity index (χ1n) is 6.62. The molecule has 0 amide bonds. The van der Waals surface area contributed by atoms with Crippen LogP contribution < -0.4 is 0 Å². The van der Waals surface area contributed by atoms with E-state index < -0.39 is 5.97 Å². The Balaban J connectivity index is 2.74.